The largest absolute Gasteiger partial charge is 0.573 e. The lowest BCUT2D eigenvalue weighted by molar-refractivity contribution is -0.274. The molecule has 0 saturated heterocycles. The standard InChI is InChI=1S/C18H17F3N2O2/c19-18(20,21)25-16-7-3-6-15(10-16)22-11-17(24)23-9-8-13-4-1-2-5-14(13)12-23/h1-7,10,22H,8-9,11-12H2. The number of carbonyl (C=O) groups is 1. The summed E-state index contributed by atoms with van der Waals surface area (Å²) in [4.78, 5) is 14.1. The molecule has 0 aromatic heterocycles. The number of carbonyl (C=O) groups excluding carboxylic acids is 1. The summed E-state index contributed by atoms with van der Waals surface area (Å²) in [6.07, 6.45) is -3.94. The van der Waals surface area contributed by atoms with Crippen LogP contribution in [0.1, 0.15) is 11.1 Å². The Labute approximate surface area is 143 Å². The molecule has 1 aliphatic heterocycles. The number of hydrogen-bond acceptors (Lipinski definition) is 3. The van der Waals surface area contributed by atoms with Crippen molar-refractivity contribution in [1.82, 2.24) is 4.90 Å². The quantitative estimate of drug-likeness (QED) is 0.916. The second-order valence-corrected chi connectivity index (χ2v) is 5.76. The molecule has 0 bridgehead atoms. The van der Waals surface area contributed by atoms with E-state index in [-0.39, 0.29) is 18.2 Å². The fourth-order valence-corrected chi connectivity index (χ4v) is 2.80. The Bertz CT molecular complexity index is 762. The smallest absolute Gasteiger partial charge is 0.406 e. The van der Waals surface area contributed by atoms with Gasteiger partial charge in [0, 0.05) is 24.8 Å². The number of ether oxygens (including phenoxy) is 1. The van der Waals surface area contributed by atoms with E-state index in [1.54, 1.807) is 11.0 Å². The average Bonchev–Trinajstić information content (AvgIpc) is 2.58. The van der Waals surface area contributed by atoms with Crippen LogP contribution >= 0.6 is 0 Å². The van der Waals surface area contributed by atoms with Gasteiger partial charge in [-0.15, -0.1) is 13.2 Å². The highest BCUT2D eigenvalue weighted by atomic mass is 19.4. The molecule has 4 nitrogen and oxygen atoms in total. The van der Waals surface area contributed by atoms with E-state index in [4.69, 9.17) is 0 Å². The summed E-state index contributed by atoms with van der Waals surface area (Å²) in [5.41, 5.74) is 2.77. The van der Waals surface area contributed by atoms with Gasteiger partial charge in [0.15, 0.2) is 0 Å². The maximum absolute atomic E-state index is 12.3. The predicted octanol–water partition coefficient (Wildman–Crippen LogP) is 3.58. The lowest BCUT2D eigenvalue weighted by Gasteiger charge is -2.29. The van der Waals surface area contributed by atoms with E-state index in [2.05, 4.69) is 16.1 Å². The highest BCUT2D eigenvalue weighted by molar-refractivity contribution is 5.81. The second kappa shape index (κ2) is 7.04. The Morgan fingerprint density at radius 3 is 2.64 bits per heavy atom. The first-order chi connectivity index (χ1) is 11.9. The van der Waals surface area contributed by atoms with Gasteiger partial charge >= 0.3 is 6.36 Å². The Hall–Kier alpha value is -2.70. The third-order valence-electron chi connectivity index (χ3n) is 3.99. The molecule has 0 aliphatic carbocycles. The van der Waals surface area contributed by atoms with E-state index in [1.165, 1.54) is 23.8 Å². The molecule has 1 aliphatic rings. The SMILES string of the molecule is O=C(CNc1cccc(OC(F)(F)F)c1)N1CCc2ccccc2C1. The van der Waals surface area contributed by atoms with Crippen LogP contribution in [0.4, 0.5) is 18.9 Å². The van der Waals surface area contributed by atoms with Gasteiger partial charge in [-0.05, 0) is 29.7 Å². The molecule has 1 heterocycles. The number of benzene rings is 2. The van der Waals surface area contributed by atoms with Crippen LogP contribution in [0.15, 0.2) is 48.5 Å². The molecular weight excluding hydrogens is 333 g/mol. The van der Waals surface area contributed by atoms with Crippen LogP contribution in [-0.4, -0.2) is 30.3 Å². The van der Waals surface area contributed by atoms with Crippen molar-refractivity contribution >= 4 is 11.6 Å². The molecule has 0 saturated carbocycles. The topological polar surface area (TPSA) is 41.6 Å². The Morgan fingerprint density at radius 2 is 1.88 bits per heavy atom. The summed E-state index contributed by atoms with van der Waals surface area (Å²) >= 11 is 0. The molecule has 3 rings (SSSR count). The fourth-order valence-electron chi connectivity index (χ4n) is 2.80. The van der Waals surface area contributed by atoms with Crippen molar-refractivity contribution in [2.45, 2.75) is 19.3 Å². The zero-order chi connectivity index (χ0) is 17.9. The van der Waals surface area contributed by atoms with E-state index in [0.29, 0.717) is 18.8 Å². The monoisotopic (exact) mass is 350 g/mol. The molecule has 7 heteroatoms. The van der Waals surface area contributed by atoms with E-state index >= 15 is 0 Å². The van der Waals surface area contributed by atoms with Gasteiger partial charge in [-0.2, -0.15) is 0 Å². The van der Waals surface area contributed by atoms with Crippen LogP contribution < -0.4 is 10.1 Å². The van der Waals surface area contributed by atoms with Crippen LogP contribution in [-0.2, 0) is 17.8 Å². The summed E-state index contributed by atoms with van der Waals surface area (Å²) in [5, 5.41) is 2.85. The summed E-state index contributed by atoms with van der Waals surface area (Å²) in [6.45, 7) is 1.19. The molecule has 0 spiro atoms. The number of halogens is 3. The minimum absolute atomic E-state index is 0.0115. The lowest BCUT2D eigenvalue weighted by Crippen LogP contribution is -2.39. The fraction of sp³-hybridized carbons (Fsp3) is 0.278. The van der Waals surface area contributed by atoms with Gasteiger partial charge < -0.3 is 15.0 Å². The minimum Gasteiger partial charge on any atom is -0.406 e. The molecule has 1 N–H and O–H groups in total. The molecule has 132 valence electrons. The molecule has 0 fully saturated rings. The Kier molecular flexibility index (Phi) is 4.83. The molecule has 2 aromatic rings. The van der Waals surface area contributed by atoms with E-state index < -0.39 is 6.36 Å². The van der Waals surface area contributed by atoms with E-state index in [0.717, 1.165) is 12.0 Å². The van der Waals surface area contributed by atoms with Gasteiger partial charge in [-0.1, -0.05) is 30.3 Å². The number of anilines is 1. The van der Waals surface area contributed by atoms with E-state index in [1.807, 2.05) is 18.2 Å². The first-order valence-corrected chi connectivity index (χ1v) is 7.85. The molecular formula is C18H17F3N2O2. The third kappa shape index (κ3) is 4.65. The molecule has 1 amide bonds. The Balaban J connectivity index is 1.57. The summed E-state index contributed by atoms with van der Waals surface area (Å²) in [7, 11) is 0. The van der Waals surface area contributed by atoms with Crippen LogP contribution in [0.3, 0.4) is 0 Å². The first-order valence-electron chi connectivity index (χ1n) is 7.85. The maximum Gasteiger partial charge on any atom is 0.573 e. The number of amides is 1. The van der Waals surface area contributed by atoms with Gasteiger partial charge in [0.05, 0.1) is 6.54 Å². The highest BCUT2D eigenvalue weighted by Gasteiger charge is 2.31. The highest BCUT2D eigenvalue weighted by Crippen LogP contribution is 2.25. The predicted molar refractivity (Wildman–Crippen MR) is 87.2 cm³/mol. The van der Waals surface area contributed by atoms with Crippen molar-refractivity contribution in [3.05, 3.63) is 59.7 Å². The molecule has 0 atom stereocenters. The molecule has 0 radical (unpaired) electrons. The van der Waals surface area contributed by atoms with Gasteiger partial charge in [0.1, 0.15) is 5.75 Å². The van der Waals surface area contributed by atoms with Crippen molar-refractivity contribution in [2.75, 3.05) is 18.4 Å². The van der Waals surface area contributed by atoms with Crippen molar-refractivity contribution in [2.24, 2.45) is 0 Å². The number of rotatable bonds is 4. The molecule has 0 unspecified atom stereocenters. The Morgan fingerprint density at radius 1 is 1.12 bits per heavy atom. The van der Waals surface area contributed by atoms with Gasteiger partial charge in [-0.25, -0.2) is 0 Å². The maximum atomic E-state index is 12.3. The minimum atomic E-state index is -4.74. The van der Waals surface area contributed by atoms with Crippen LogP contribution in [0.25, 0.3) is 0 Å². The summed E-state index contributed by atoms with van der Waals surface area (Å²) < 4.78 is 40.6. The second-order valence-electron chi connectivity index (χ2n) is 5.76. The number of alkyl halides is 3. The van der Waals surface area contributed by atoms with Crippen molar-refractivity contribution in [3.63, 3.8) is 0 Å². The third-order valence-corrected chi connectivity index (χ3v) is 3.99. The number of fused-ring (bicyclic) bond motifs is 1. The van der Waals surface area contributed by atoms with Crippen LogP contribution in [0.5, 0.6) is 5.75 Å². The zero-order valence-corrected chi connectivity index (χ0v) is 13.3. The van der Waals surface area contributed by atoms with Crippen molar-refractivity contribution in [1.29, 1.82) is 0 Å². The van der Waals surface area contributed by atoms with Gasteiger partial charge in [-0.3, -0.25) is 4.79 Å². The van der Waals surface area contributed by atoms with Gasteiger partial charge in [0.25, 0.3) is 0 Å². The van der Waals surface area contributed by atoms with E-state index in [9.17, 15) is 18.0 Å². The van der Waals surface area contributed by atoms with Crippen molar-refractivity contribution < 1.29 is 22.7 Å². The number of nitrogens with one attached hydrogen (secondary N) is 1. The normalized spacial score (nSPS) is 14.0. The van der Waals surface area contributed by atoms with Crippen molar-refractivity contribution in [3.8, 4) is 5.75 Å². The summed E-state index contributed by atoms with van der Waals surface area (Å²) in [6, 6.07) is 13.4. The number of nitrogens with zero attached hydrogens (tertiary/aromatic N) is 1. The zero-order valence-electron chi connectivity index (χ0n) is 13.3. The summed E-state index contributed by atoms with van der Waals surface area (Å²) in [5.74, 6) is -0.423. The van der Waals surface area contributed by atoms with Gasteiger partial charge in [0.2, 0.25) is 5.91 Å². The van der Waals surface area contributed by atoms with Crippen LogP contribution in [0, 0.1) is 0 Å². The lowest BCUT2D eigenvalue weighted by atomic mass is 10.00. The van der Waals surface area contributed by atoms with Crippen LogP contribution in [0.2, 0.25) is 0 Å². The first kappa shape index (κ1) is 17.1. The average molecular weight is 350 g/mol. The number of hydrogen-bond donors (Lipinski definition) is 1. The molecule has 2 aromatic carbocycles. The molecule has 25 heavy (non-hydrogen) atoms.